The van der Waals surface area contributed by atoms with E-state index < -0.39 is 0 Å². The lowest BCUT2D eigenvalue weighted by molar-refractivity contribution is 0.0988. The predicted octanol–water partition coefficient (Wildman–Crippen LogP) is 3.53. The fraction of sp³-hybridized carbons (Fsp3) is 0.125. The molecule has 0 bridgehead atoms. The molecule has 0 saturated heterocycles. The maximum absolute atomic E-state index is 12.7. The number of aryl methyl sites for hydroxylation is 1. The number of Topliss-reactive ketones (excluding diaryl/α,β-unsaturated/α-hetero) is 2. The highest BCUT2D eigenvalue weighted by atomic mass is 32.1. The number of allylic oxidation sites excluding steroid dienone is 2. The van der Waals surface area contributed by atoms with Gasteiger partial charge in [-0.15, -0.1) is 11.3 Å². The van der Waals surface area contributed by atoms with Gasteiger partial charge in [-0.1, -0.05) is 24.3 Å². The molecule has 0 atom stereocenters. The van der Waals surface area contributed by atoms with Gasteiger partial charge in [0.2, 0.25) is 0 Å². The van der Waals surface area contributed by atoms with E-state index in [2.05, 4.69) is 0 Å². The number of thiophene rings is 1. The van der Waals surface area contributed by atoms with Gasteiger partial charge in [0.25, 0.3) is 0 Å². The molecule has 2 aliphatic rings. The molecule has 1 heterocycles. The van der Waals surface area contributed by atoms with E-state index in [4.69, 9.17) is 0 Å². The second kappa shape index (κ2) is 3.75. The number of carbonyl (C=O) groups excluding carboxylic acids is 2. The van der Waals surface area contributed by atoms with Crippen molar-refractivity contribution in [3.05, 3.63) is 62.9 Å². The summed E-state index contributed by atoms with van der Waals surface area (Å²) < 4.78 is 0. The molecule has 0 fully saturated rings. The van der Waals surface area contributed by atoms with Crippen LogP contribution in [-0.4, -0.2) is 11.6 Å². The zero-order chi connectivity index (χ0) is 13.0. The van der Waals surface area contributed by atoms with E-state index in [1.807, 2.05) is 23.6 Å². The third-order valence-corrected chi connectivity index (χ3v) is 4.82. The summed E-state index contributed by atoms with van der Waals surface area (Å²) in [5.41, 5.74) is 3.43. The first-order chi connectivity index (χ1) is 9.27. The molecule has 3 heteroatoms. The van der Waals surface area contributed by atoms with Crippen molar-refractivity contribution >= 4 is 28.5 Å². The van der Waals surface area contributed by atoms with Crippen molar-refractivity contribution in [1.29, 1.82) is 0 Å². The molecule has 1 aromatic heterocycles. The quantitative estimate of drug-likeness (QED) is 0.731. The highest BCUT2D eigenvalue weighted by Gasteiger charge is 2.35. The van der Waals surface area contributed by atoms with Crippen LogP contribution in [-0.2, 0) is 6.42 Å². The predicted molar refractivity (Wildman–Crippen MR) is 74.7 cm³/mol. The Bertz CT molecular complexity index is 765. The lowest BCUT2D eigenvalue weighted by Gasteiger charge is -2.24. The highest BCUT2D eigenvalue weighted by Crippen LogP contribution is 2.41. The van der Waals surface area contributed by atoms with E-state index in [9.17, 15) is 9.59 Å². The van der Waals surface area contributed by atoms with Gasteiger partial charge in [0, 0.05) is 27.2 Å². The van der Waals surface area contributed by atoms with Crippen molar-refractivity contribution in [2.24, 2.45) is 0 Å². The van der Waals surface area contributed by atoms with E-state index in [-0.39, 0.29) is 11.6 Å². The summed E-state index contributed by atoms with van der Waals surface area (Å²) >= 11 is 1.67. The first-order valence-corrected chi connectivity index (χ1v) is 7.13. The summed E-state index contributed by atoms with van der Waals surface area (Å²) in [4.78, 5) is 26.4. The summed E-state index contributed by atoms with van der Waals surface area (Å²) in [6, 6.07) is 9.09. The van der Waals surface area contributed by atoms with Gasteiger partial charge in [-0.3, -0.25) is 9.59 Å². The Balaban J connectivity index is 2.02. The van der Waals surface area contributed by atoms with Gasteiger partial charge in [0.15, 0.2) is 11.6 Å². The SMILES string of the molecule is O=C1C2=C(C(=O)c3ccccc31)c1ccsc1CC2. The van der Waals surface area contributed by atoms with Gasteiger partial charge in [-0.05, 0) is 29.9 Å². The van der Waals surface area contributed by atoms with E-state index >= 15 is 0 Å². The van der Waals surface area contributed by atoms with Crippen molar-refractivity contribution < 1.29 is 9.59 Å². The summed E-state index contributed by atoms with van der Waals surface area (Å²) in [7, 11) is 0. The lowest BCUT2D eigenvalue weighted by atomic mass is 9.77. The molecular weight excluding hydrogens is 256 g/mol. The van der Waals surface area contributed by atoms with Crippen LogP contribution in [0.1, 0.15) is 37.6 Å². The van der Waals surface area contributed by atoms with Crippen LogP contribution in [0, 0.1) is 0 Å². The van der Waals surface area contributed by atoms with Crippen molar-refractivity contribution in [3.8, 4) is 0 Å². The Morgan fingerprint density at radius 3 is 2.37 bits per heavy atom. The fourth-order valence-electron chi connectivity index (χ4n) is 2.95. The molecule has 0 N–H and O–H groups in total. The lowest BCUT2D eigenvalue weighted by Crippen LogP contribution is -2.24. The Hall–Kier alpha value is -2.00. The van der Waals surface area contributed by atoms with Crippen molar-refractivity contribution in [2.45, 2.75) is 12.8 Å². The third kappa shape index (κ3) is 1.36. The van der Waals surface area contributed by atoms with Crippen LogP contribution in [0.5, 0.6) is 0 Å². The van der Waals surface area contributed by atoms with Crippen LogP contribution >= 0.6 is 11.3 Å². The summed E-state index contributed by atoms with van der Waals surface area (Å²) in [5.74, 6) is 0.0339. The van der Waals surface area contributed by atoms with Crippen LogP contribution in [0.3, 0.4) is 0 Å². The smallest absolute Gasteiger partial charge is 0.194 e. The minimum absolute atomic E-state index is 0.00421. The molecule has 0 radical (unpaired) electrons. The van der Waals surface area contributed by atoms with Gasteiger partial charge in [-0.2, -0.15) is 0 Å². The number of benzene rings is 1. The largest absolute Gasteiger partial charge is 0.289 e. The summed E-state index contributed by atoms with van der Waals surface area (Å²) in [6.45, 7) is 0. The number of hydrogen-bond acceptors (Lipinski definition) is 3. The van der Waals surface area contributed by atoms with Crippen LogP contribution in [0.25, 0.3) is 5.57 Å². The monoisotopic (exact) mass is 266 g/mol. The number of ketones is 2. The van der Waals surface area contributed by atoms with E-state index in [1.165, 1.54) is 4.88 Å². The second-order valence-electron chi connectivity index (χ2n) is 4.81. The molecule has 0 unspecified atom stereocenters. The minimum atomic E-state index is 0.00421. The molecule has 2 aromatic rings. The molecule has 2 nitrogen and oxygen atoms in total. The van der Waals surface area contributed by atoms with Crippen LogP contribution in [0.15, 0.2) is 41.3 Å². The summed E-state index contributed by atoms with van der Waals surface area (Å²) in [6.07, 6.45) is 1.55. The van der Waals surface area contributed by atoms with E-state index in [1.54, 1.807) is 23.5 Å². The van der Waals surface area contributed by atoms with Gasteiger partial charge in [-0.25, -0.2) is 0 Å². The molecule has 0 spiro atoms. The molecule has 19 heavy (non-hydrogen) atoms. The Morgan fingerprint density at radius 2 is 1.58 bits per heavy atom. The number of fused-ring (bicyclic) bond motifs is 3. The van der Waals surface area contributed by atoms with Crippen molar-refractivity contribution in [2.75, 3.05) is 0 Å². The topological polar surface area (TPSA) is 34.1 Å². The van der Waals surface area contributed by atoms with Crippen molar-refractivity contribution in [3.63, 3.8) is 0 Å². The number of carbonyl (C=O) groups is 2. The minimum Gasteiger partial charge on any atom is -0.289 e. The highest BCUT2D eigenvalue weighted by molar-refractivity contribution is 7.10. The summed E-state index contributed by atoms with van der Waals surface area (Å²) in [5, 5.41) is 2.00. The normalized spacial score (nSPS) is 17.1. The molecule has 1 aromatic carbocycles. The molecule has 0 amide bonds. The van der Waals surface area contributed by atoms with Gasteiger partial charge in [0.1, 0.15) is 0 Å². The van der Waals surface area contributed by atoms with Crippen molar-refractivity contribution in [1.82, 2.24) is 0 Å². The van der Waals surface area contributed by atoms with Crippen LogP contribution < -0.4 is 0 Å². The number of hydrogen-bond donors (Lipinski definition) is 0. The molecule has 92 valence electrons. The van der Waals surface area contributed by atoms with Crippen LogP contribution in [0.2, 0.25) is 0 Å². The van der Waals surface area contributed by atoms with Gasteiger partial charge >= 0.3 is 0 Å². The Labute approximate surface area is 114 Å². The number of rotatable bonds is 0. The average molecular weight is 266 g/mol. The van der Waals surface area contributed by atoms with Crippen LogP contribution in [0.4, 0.5) is 0 Å². The van der Waals surface area contributed by atoms with E-state index in [0.717, 1.165) is 12.0 Å². The Kier molecular flexibility index (Phi) is 2.15. The maximum Gasteiger partial charge on any atom is 0.194 e. The molecule has 4 rings (SSSR count). The fourth-order valence-corrected chi connectivity index (χ4v) is 3.83. The van der Waals surface area contributed by atoms with Gasteiger partial charge in [0.05, 0.1) is 0 Å². The first kappa shape index (κ1) is 10.9. The van der Waals surface area contributed by atoms with E-state index in [0.29, 0.717) is 28.7 Å². The molecule has 0 aliphatic heterocycles. The molecule has 2 aliphatic carbocycles. The molecule has 0 saturated carbocycles. The Morgan fingerprint density at radius 1 is 0.842 bits per heavy atom. The standard InChI is InChI=1S/C16H10O2S/c17-15-9-3-1-2-4-10(9)16(18)14-11-7-8-19-13(11)6-5-12(14)15/h1-4,7-8H,5-6H2. The second-order valence-corrected chi connectivity index (χ2v) is 5.82. The average Bonchev–Trinajstić information content (AvgIpc) is 2.92. The maximum atomic E-state index is 12.7. The third-order valence-electron chi connectivity index (χ3n) is 3.84. The first-order valence-electron chi connectivity index (χ1n) is 6.25. The zero-order valence-electron chi connectivity index (χ0n) is 10.1. The zero-order valence-corrected chi connectivity index (χ0v) is 10.9. The molecular formula is C16H10O2S. The van der Waals surface area contributed by atoms with Gasteiger partial charge < -0.3 is 0 Å².